The van der Waals surface area contributed by atoms with Gasteiger partial charge in [-0.05, 0) is 0 Å². The zero-order valence-electron chi connectivity index (χ0n) is 24.6. The summed E-state index contributed by atoms with van der Waals surface area (Å²) < 4.78 is 16.6. The highest BCUT2D eigenvalue weighted by atomic mass is 16.6. The van der Waals surface area contributed by atoms with E-state index >= 15 is 0 Å². The fraction of sp³-hybridized carbons (Fsp3) is 0.500. The smallest absolute Gasteiger partial charge is 0.349 e. The maximum Gasteiger partial charge on any atom is 0.349 e. The molecule has 0 aliphatic rings. The van der Waals surface area contributed by atoms with E-state index in [2.05, 4.69) is 18.9 Å². The Balaban J connectivity index is 5.82. The third-order valence-corrected chi connectivity index (χ3v) is 5.57. The topological polar surface area (TPSA) is 444 Å². The number of carboxylic acid groups (broad SMARTS) is 6. The lowest BCUT2D eigenvalue weighted by atomic mass is 9.95. The minimum absolute atomic E-state index is 1.34. The molecule has 0 bridgehead atoms. The van der Waals surface area contributed by atoms with Crippen LogP contribution in [0.25, 0.3) is 0 Å². The third-order valence-electron chi connectivity index (χ3n) is 5.57. The Bertz CT molecular complexity index is 1320. The van der Waals surface area contributed by atoms with Gasteiger partial charge in [0.15, 0.2) is 23.4 Å². The van der Waals surface area contributed by atoms with Gasteiger partial charge in [0, 0.05) is 0 Å². The van der Waals surface area contributed by atoms with Gasteiger partial charge in [-0.2, -0.15) is 0 Å². The number of hydrogen-bond acceptors (Lipinski definition) is 20. The molecular weight excluding hydrogens is 704 g/mol. The summed E-state index contributed by atoms with van der Waals surface area (Å²) in [6.45, 7) is 0. The molecule has 0 amide bonds. The third kappa shape index (κ3) is 14.3. The number of hydrogen-bond donors (Lipinski definition) is 10. The van der Waals surface area contributed by atoms with Crippen LogP contribution in [0.1, 0.15) is 38.5 Å². The SMILES string of the molecule is O=C(CC(O)C(=O)O)OC(=O)CC(O)(CC(=O)OC(C(=O)O)C(OC(=O)CC(O)(CC(=O)OC(=O)CC(O)C(=O)O)C(=O)O)C(=O)O)C(=O)O. The van der Waals surface area contributed by atoms with E-state index in [0.29, 0.717) is 0 Å². The molecule has 0 aliphatic heterocycles. The normalized spacial score (nSPS) is 15.5. The van der Waals surface area contributed by atoms with Crippen molar-refractivity contribution in [3.8, 4) is 0 Å². The van der Waals surface area contributed by atoms with Crippen molar-refractivity contribution in [2.75, 3.05) is 0 Å². The summed E-state index contributed by atoms with van der Waals surface area (Å²) in [6.07, 6.45) is -21.2. The Morgan fingerprint density at radius 1 is 0.420 bits per heavy atom. The van der Waals surface area contributed by atoms with Crippen molar-refractivity contribution in [3.05, 3.63) is 0 Å². The molecule has 0 aromatic rings. The Morgan fingerprint density at radius 2 is 0.680 bits per heavy atom. The zero-order chi connectivity index (χ0) is 39.3. The van der Waals surface area contributed by atoms with Gasteiger partial charge in [-0.15, -0.1) is 0 Å². The molecule has 0 aromatic heterocycles. The predicted octanol–water partition coefficient (Wildman–Crippen LogP) is -6.02. The Morgan fingerprint density at radius 3 is 0.900 bits per heavy atom. The van der Waals surface area contributed by atoms with Gasteiger partial charge in [0.2, 0.25) is 12.2 Å². The molecule has 0 saturated heterocycles. The second kappa shape index (κ2) is 18.4. The highest BCUT2D eigenvalue weighted by Crippen LogP contribution is 2.22. The standard InChI is InChI=1S/C24H26O26/c25-7(17(33)34)1-9(27)47-11(29)3-23(45,21(41)42)5-13(31)49-15(19(37)38)16(20(39)40)50-14(32)6-24(46,22(43)44)4-12(30)48-10(28)2-8(26)18(35)36/h7-8,15-16,25-26,45-46H,1-6H2,(H,33,34)(H,35,36)(H,37,38)(H,39,40)(H,41,42)(H,43,44). The maximum atomic E-state index is 12.3. The number of aliphatic hydroxyl groups is 4. The molecule has 50 heavy (non-hydrogen) atoms. The van der Waals surface area contributed by atoms with Gasteiger partial charge < -0.3 is 70.0 Å². The number of aliphatic carboxylic acids is 6. The summed E-state index contributed by atoms with van der Waals surface area (Å²) in [5.41, 5.74) is -7.20. The molecule has 0 heterocycles. The van der Waals surface area contributed by atoms with E-state index in [1.807, 2.05) is 0 Å². The fourth-order valence-corrected chi connectivity index (χ4v) is 3.13. The first kappa shape index (κ1) is 43.9. The summed E-state index contributed by atoms with van der Waals surface area (Å²) in [7, 11) is 0. The molecule has 26 nitrogen and oxygen atoms in total. The van der Waals surface area contributed by atoms with Crippen molar-refractivity contribution in [3.63, 3.8) is 0 Å². The average molecular weight is 730 g/mol. The van der Waals surface area contributed by atoms with E-state index in [0.717, 1.165) is 0 Å². The van der Waals surface area contributed by atoms with Crippen molar-refractivity contribution in [1.82, 2.24) is 0 Å². The van der Waals surface area contributed by atoms with Gasteiger partial charge in [-0.25, -0.2) is 28.8 Å². The summed E-state index contributed by atoms with van der Waals surface area (Å²) >= 11 is 0. The summed E-state index contributed by atoms with van der Waals surface area (Å²) in [6, 6.07) is 0. The lowest BCUT2D eigenvalue weighted by molar-refractivity contribution is -0.193. The molecule has 10 N–H and O–H groups in total. The number of carboxylic acids is 6. The van der Waals surface area contributed by atoms with Gasteiger partial charge in [-0.1, -0.05) is 0 Å². The summed E-state index contributed by atoms with van der Waals surface area (Å²) in [5, 5.41) is 92.9. The number of aliphatic hydroxyl groups excluding tert-OH is 2. The highest BCUT2D eigenvalue weighted by Gasteiger charge is 2.48. The minimum Gasteiger partial charge on any atom is -0.479 e. The molecule has 278 valence electrons. The van der Waals surface area contributed by atoms with Crippen LogP contribution < -0.4 is 0 Å². The van der Waals surface area contributed by atoms with E-state index in [9.17, 15) is 88.2 Å². The minimum atomic E-state index is -3.60. The second-order valence-corrected chi connectivity index (χ2v) is 9.69. The van der Waals surface area contributed by atoms with Crippen LogP contribution in [0.3, 0.4) is 0 Å². The van der Waals surface area contributed by atoms with Crippen molar-refractivity contribution in [2.24, 2.45) is 0 Å². The molecule has 0 aliphatic carbocycles. The lowest BCUT2D eigenvalue weighted by Gasteiger charge is -2.25. The number of rotatable bonds is 21. The maximum absolute atomic E-state index is 12.3. The highest BCUT2D eigenvalue weighted by molar-refractivity contribution is 5.95. The van der Waals surface area contributed by atoms with Crippen LogP contribution in [0.2, 0.25) is 0 Å². The quantitative estimate of drug-likeness (QED) is 0.0298. The molecule has 0 fully saturated rings. The number of esters is 6. The van der Waals surface area contributed by atoms with Crippen LogP contribution in [-0.4, -0.2) is 158 Å². The molecule has 0 spiro atoms. The summed E-state index contributed by atoms with van der Waals surface area (Å²) in [4.78, 5) is 139. The molecule has 6 atom stereocenters. The summed E-state index contributed by atoms with van der Waals surface area (Å²) in [5.74, 6) is -25.3. The van der Waals surface area contributed by atoms with Crippen LogP contribution in [0, 0.1) is 0 Å². The molecule has 0 radical (unpaired) electrons. The van der Waals surface area contributed by atoms with E-state index in [1.54, 1.807) is 0 Å². The van der Waals surface area contributed by atoms with Gasteiger partial charge >= 0.3 is 71.6 Å². The first-order chi connectivity index (χ1) is 22.7. The molecule has 0 aromatic carbocycles. The predicted molar refractivity (Wildman–Crippen MR) is 137 cm³/mol. The van der Waals surface area contributed by atoms with E-state index in [4.69, 9.17) is 20.4 Å². The van der Waals surface area contributed by atoms with E-state index in [-0.39, 0.29) is 0 Å². The van der Waals surface area contributed by atoms with Crippen LogP contribution in [0.15, 0.2) is 0 Å². The average Bonchev–Trinajstić information content (AvgIpc) is 2.93. The van der Waals surface area contributed by atoms with Crippen LogP contribution in [0.4, 0.5) is 0 Å². The van der Waals surface area contributed by atoms with Crippen molar-refractivity contribution in [1.29, 1.82) is 0 Å². The monoisotopic (exact) mass is 730 g/mol. The van der Waals surface area contributed by atoms with Gasteiger partial charge in [0.25, 0.3) is 0 Å². The molecule has 26 heteroatoms. The Hall–Kier alpha value is -6.12. The Kier molecular flexibility index (Phi) is 16.2. The van der Waals surface area contributed by atoms with Gasteiger partial charge in [0.1, 0.15) is 0 Å². The number of carbonyl (C=O) groups excluding carboxylic acids is 6. The van der Waals surface area contributed by atoms with Crippen LogP contribution in [0.5, 0.6) is 0 Å². The lowest BCUT2D eigenvalue weighted by Crippen LogP contribution is -2.49. The Labute approximate surface area is 273 Å². The molecule has 0 saturated carbocycles. The second-order valence-electron chi connectivity index (χ2n) is 9.69. The zero-order valence-corrected chi connectivity index (χ0v) is 24.6. The first-order valence-electron chi connectivity index (χ1n) is 12.8. The van der Waals surface area contributed by atoms with Crippen molar-refractivity contribution < 1.29 is 128 Å². The van der Waals surface area contributed by atoms with Crippen molar-refractivity contribution >= 4 is 71.6 Å². The van der Waals surface area contributed by atoms with Crippen LogP contribution in [-0.2, 0) is 76.5 Å². The van der Waals surface area contributed by atoms with Crippen LogP contribution >= 0.6 is 0 Å². The number of carbonyl (C=O) groups is 12. The van der Waals surface area contributed by atoms with E-state index in [1.165, 1.54) is 0 Å². The molecular formula is C24H26O26. The fourth-order valence-electron chi connectivity index (χ4n) is 3.13. The molecule has 6 unspecified atom stereocenters. The van der Waals surface area contributed by atoms with E-state index < -0.39 is 146 Å². The van der Waals surface area contributed by atoms with Gasteiger partial charge in [0.05, 0.1) is 38.5 Å². The van der Waals surface area contributed by atoms with Crippen molar-refractivity contribution in [2.45, 2.75) is 74.1 Å². The van der Waals surface area contributed by atoms with Gasteiger partial charge in [-0.3, -0.25) is 28.8 Å². The largest absolute Gasteiger partial charge is 0.479 e. The first-order valence-corrected chi connectivity index (χ1v) is 12.8. The number of ether oxygens (including phenoxy) is 4. The molecule has 0 rings (SSSR count).